The van der Waals surface area contributed by atoms with Gasteiger partial charge in [-0.2, -0.15) is 12.6 Å². The second kappa shape index (κ2) is 4.95. The van der Waals surface area contributed by atoms with Crippen LogP contribution in [0.15, 0.2) is 12.1 Å². The number of hydrogen-bond donors (Lipinski definition) is 2. The highest BCUT2D eigenvalue weighted by molar-refractivity contribution is 7.80. The molecule has 0 aliphatic carbocycles. The summed E-state index contributed by atoms with van der Waals surface area (Å²) in [7, 11) is 0. The van der Waals surface area contributed by atoms with Crippen molar-refractivity contribution in [1.82, 2.24) is 0 Å². The van der Waals surface area contributed by atoms with Gasteiger partial charge in [-0.1, -0.05) is 11.8 Å². The number of carboxylic acid groups (broad SMARTS) is 1. The van der Waals surface area contributed by atoms with E-state index in [1.54, 1.807) is 12.1 Å². The summed E-state index contributed by atoms with van der Waals surface area (Å²) in [4.78, 5) is 11.6. The molecule has 0 saturated heterocycles. The first kappa shape index (κ1) is 10.2. The van der Waals surface area contributed by atoms with E-state index in [1.165, 1.54) is 11.3 Å². The van der Waals surface area contributed by atoms with Gasteiger partial charge in [0.25, 0.3) is 0 Å². The Bertz CT molecular complexity index is 357. The minimum Gasteiger partial charge on any atom is -0.477 e. The van der Waals surface area contributed by atoms with Crippen LogP contribution < -0.4 is 0 Å². The van der Waals surface area contributed by atoms with E-state index in [4.69, 9.17) is 5.11 Å². The second-order valence-corrected chi connectivity index (χ2v) is 3.78. The molecule has 0 radical (unpaired) electrons. The van der Waals surface area contributed by atoms with Crippen LogP contribution in [0.5, 0.6) is 0 Å². The van der Waals surface area contributed by atoms with Crippen LogP contribution in [-0.2, 0) is 0 Å². The number of thiol groups is 1. The monoisotopic (exact) mass is 212 g/mol. The smallest absolute Gasteiger partial charge is 0.345 e. The molecule has 0 atom stereocenters. The molecule has 2 nitrogen and oxygen atoms in total. The van der Waals surface area contributed by atoms with E-state index in [0.29, 0.717) is 4.88 Å². The molecular weight excluding hydrogens is 204 g/mol. The van der Waals surface area contributed by atoms with Gasteiger partial charge in [0.2, 0.25) is 0 Å². The van der Waals surface area contributed by atoms with Crippen molar-refractivity contribution in [3.63, 3.8) is 0 Å². The highest BCUT2D eigenvalue weighted by Crippen LogP contribution is 2.14. The molecular formula is C9H8O2S2. The van der Waals surface area contributed by atoms with Crippen molar-refractivity contribution in [2.45, 2.75) is 6.42 Å². The molecule has 1 aromatic rings. The molecule has 0 amide bonds. The second-order valence-electron chi connectivity index (χ2n) is 2.24. The molecule has 0 unspecified atom stereocenters. The minimum absolute atomic E-state index is 0.329. The maximum atomic E-state index is 10.5. The van der Waals surface area contributed by atoms with E-state index in [2.05, 4.69) is 24.5 Å². The van der Waals surface area contributed by atoms with Crippen LogP contribution in [-0.4, -0.2) is 16.8 Å². The predicted octanol–water partition coefficient (Wildman–Crippen LogP) is 2.12. The topological polar surface area (TPSA) is 37.3 Å². The zero-order chi connectivity index (χ0) is 9.68. The summed E-state index contributed by atoms with van der Waals surface area (Å²) in [6.07, 6.45) is 0.726. The largest absolute Gasteiger partial charge is 0.477 e. The van der Waals surface area contributed by atoms with Gasteiger partial charge in [-0.15, -0.1) is 11.3 Å². The molecule has 0 spiro atoms. The number of carbonyl (C=O) groups is 1. The SMILES string of the molecule is O=C(O)c1ccc(C#CCCS)s1. The van der Waals surface area contributed by atoms with Gasteiger partial charge in [0.15, 0.2) is 0 Å². The summed E-state index contributed by atoms with van der Waals surface area (Å²) in [6, 6.07) is 3.29. The first-order valence-corrected chi connectivity index (χ1v) is 5.12. The van der Waals surface area contributed by atoms with Gasteiger partial charge in [-0.25, -0.2) is 4.79 Å². The normalized spacial score (nSPS) is 9.00. The van der Waals surface area contributed by atoms with Crippen LogP contribution in [0, 0.1) is 11.8 Å². The van der Waals surface area contributed by atoms with Gasteiger partial charge >= 0.3 is 5.97 Å². The lowest BCUT2D eigenvalue weighted by Gasteiger charge is -1.81. The molecule has 4 heteroatoms. The number of hydrogen-bond acceptors (Lipinski definition) is 3. The molecule has 0 aromatic carbocycles. The number of rotatable bonds is 2. The average molecular weight is 212 g/mol. The van der Waals surface area contributed by atoms with E-state index >= 15 is 0 Å². The molecule has 1 aromatic heterocycles. The number of carboxylic acids is 1. The Morgan fingerprint density at radius 3 is 2.92 bits per heavy atom. The Morgan fingerprint density at radius 1 is 1.62 bits per heavy atom. The quantitative estimate of drug-likeness (QED) is 0.582. The number of aromatic carboxylic acids is 1. The van der Waals surface area contributed by atoms with E-state index in [-0.39, 0.29) is 0 Å². The zero-order valence-electron chi connectivity index (χ0n) is 6.78. The van der Waals surface area contributed by atoms with Crippen molar-refractivity contribution in [2.75, 3.05) is 5.75 Å². The summed E-state index contributed by atoms with van der Waals surface area (Å²) in [5.41, 5.74) is 0. The third-order valence-electron chi connectivity index (χ3n) is 1.27. The summed E-state index contributed by atoms with van der Waals surface area (Å²) in [5, 5.41) is 8.62. The van der Waals surface area contributed by atoms with E-state index in [0.717, 1.165) is 17.1 Å². The highest BCUT2D eigenvalue weighted by Gasteiger charge is 2.04. The van der Waals surface area contributed by atoms with Crippen LogP contribution in [0.3, 0.4) is 0 Å². The van der Waals surface area contributed by atoms with E-state index < -0.39 is 5.97 Å². The van der Waals surface area contributed by atoms with Gasteiger partial charge in [-0.05, 0) is 12.1 Å². The molecule has 0 saturated carbocycles. The van der Waals surface area contributed by atoms with Crippen LogP contribution in [0.25, 0.3) is 0 Å². The zero-order valence-corrected chi connectivity index (χ0v) is 8.49. The predicted molar refractivity (Wildman–Crippen MR) is 56.6 cm³/mol. The molecule has 1 rings (SSSR count). The van der Waals surface area contributed by atoms with Crippen LogP contribution in [0.1, 0.15) is 21.0 Å². The van der Waals surface area contributed by atoms with Crippen molar-refractivity contribution in [3.05, 3.63) is 21.9 Å². The highest BCUT2D eigenvalue weighted by atomic mass is 32.1. The molecule has 1 N–H and O–H groups in total. The van der Waals surface area contributed by atoms with Crippen LogP contribution in [0.4, 0.5) is 0 Å². The maximum absolute atomic E-state index is 10.5. The Hall–Kier alpha value is -0.920. The van der Waals surface area contributed by atoms with Crippen molar-refractivity contribution in [2.24, 2.45) is 0 Å². The Balaban J connectivity index is 2.71. The molecule has 68 valence electrons. The molecule has 0 bridgehead atoms. The third kappa shape index (κ3) is 3.13. The minimum atomic E-state index is -0.896. The molecule has 0 fully saturated rings. The molecule has 1 heterocycles. The van der Waals surface area contributed by atoms with Gasteiger partial charge < -0.3 is 5.11 Å². The summed E-state index contributed by atoms with van der Waals surface area (Å²) < 4.78 is 0. The van der Waals surface area contributed by atoms with Gasteiger partial charge in [0.1, 0.15) is 4.88 Å². The summed E-state index contributed by atoms with van der Waals surface area (Å²) in [6.45, 7) is 0. The Labute approximate surface area is 86.0 Å². The molecule has 13 heavy (non-hydrogen) atoms. The Kier molecular flexibility index (Phi) is 3.87. The van der Waals surface area contributed by atoms with Crippen molar-refractivity contribution < 1.29 is 9.90 Å². The lowest BCUT2D eigenvalue weighted by Crippen LogP contribution is -1.89. The first-order valence-electron chi connectivity index (χ1n) is 3.67. The average Bonchev–Trinajstić information content (AvgIpc) is 2.53. The molecule has 0 aliphatic rings. The van der Waals surface area contributed by atoms with Gasteiger partial charge in [0.05, 0.1) is 4.88 Å². The fourth-order valence-electron chi connectivity index (χ4n) is 0.726. The lowest BCUT2D eigenvalue weighted by atomic mass is 10.4. The van der Waals surface area contributed by atoms with Gasteiger partial charge in [-0.3, -0.25) is 0 Å². The van der Waals surface area contributed by atoms with E-state index in [1.807, 2.05) is 0 Å². The van der Waals surface area contributed by atoms with E-state index in [9.17, 15) is 4.79 Å². The fourth-order valence-corrected chi connectivity index (χ4v) is 1.56. The van der Waals surface area contributed by atoms with Crippen molar-refractivity contribution in [3.8, 4) is 11.8 Å². The standard InChI is InChI=1S/C9H8O2S2/c10-9(11)8-5-4-7(13-8)3-1-2-6-12/h4-5,12H,2,6H2,(H,10,11). The number of thiophene rings is 1. The van der Waals surface area contributed by atoms with Crippen molar-refractivity contribution >= 4 is 29.9 Å². The molecule has 0 aliphatic heterocycles. The van der Waals surface area contributed by atoms with Crippen molar-refractivity contribution in [1.29, 1.82) is 0 Å². The summed E-state index contributed by atoms with van der Waals surface area (Å²) in [5.74, 6) is 5.60. The lowest BCUT2D eigenvalue weighted by molar-refractivity contribution is 0.0702. The Morgan fingerprint density at radius 2 is 2.38 bits per heavy atom. The van der Waals surface area contributed by atoms with Crippen LogP contribution >= 0.6 is 24.0 Å². The fraction of sp³-hybridized carbons (Fsp3) is 0.222. The summed E-state index contributed by atoms with van der Waals surface area (Å²) >= 11 is 5.21. The first-order chi connectivity index (χ1) is 6.24. The third-order valence-corrected chi connectivity index (χ3v) is 2.48. The maximum Gasteiger partial charge on any atom is 0.345 e. The van der Waals surface area contributed by atoms with Crippen LogP contribution in [0.2, 0.25) is 0 Å². The van der Waals surface area contributed by atoms with Gasteiger partial charge in [0, 0.05) is 12.2 Å².